The standard InChI is InChI=1S/C21H19N5O2/c27-20(23-15-6-3-7-16(14-15)26-13-5-12-22-26)11-4-10-19-24-18-9-2-1-8-17(18)21(28)25-19/h1-3,5-9,12-14H,4,10-11H2,(H,23,27)(H,24,25,28). The highest BCUT2D eigenvalue weighted by atomic mass is 16.1. The van der Waals surface area contributed by atoms with E-state index >= 15 is 0 Å². The van der Waals surface area contributed by atoms with E-state index in [2.05, 4.69) is 20.4 Å². The summed E-state index contributed by atoms with van der Waals surface area (Å²) in [6, 6.07) is 16.6. The maximum atomic E-state index is 12.3. The summed E-state index contributed by atoms with van der Waals surface area (Å²) in [6.07, 6.45) is 5.00. The van der Waals surface area contributed by atoms with Crippen molar-refractivity contribution in [2.24, 2.45) is 0 Å². The molecule has 7 nitrogen and oxygen atoms in total. The van der Waals surface area contributed by atoms with Crippen molar-refractivity contribution < 1.29 is 4.79 Å². The number of hydrogen-bond acceptors (Lipinski definition) is 4. The maximum absolute atomic E-state index is 12.3. The summed E-state index contributed by atoms with van der Waals surface area (Å²) < 4.78 is 1.73. The number of fused-ring (bicyclic) bond motifs is 1. The van der Waals surface area contributed by atoms with Gasteiger partial charge in [-0.1, -0.05) is 18.2 Å². The molecule has 0 atom stereocenters. The van der Waals surface area contributed by atoms with Crippen LogP contribution in [-0.4, -0.2) is 25.7 Å². The third kappa shape index (κ3) is 3.98. The number of carbonyl (C=O) groups excluding carboxylic acids is 1. The molecule has 2 aromatic heterocycles. The van der Waals surface area contributed by atoms with Crippen LogP contribution in [0, 0.1) is 0 Å². The first-order chi connectivity index (χ1) is 13.7. The monoisotopic (exact) mass is 373 g/mol. The molecule has 140 valence electrons. The molecule has 0 unspecified atom stereocenters. The van der Waals surface area contributed by atoms with Crippen LogP contribution in [0.15, 0.2) is 71.8 Å². The number of carbonyl (C=O) groups is 1. The van der Waals surface area contributed by atoms with Crippen LogP contribution in [0.3, 0.4) is 0 Å². The smallest absolute Gasteiger partial charge is 0.258 e. The Morgan fingerprint density at radius 3 is 2.86 bits per heavy atom. The van der Waals surface area contributed by atoms with Gasteiger partial charge in [-0.05, 0) is 42.8 Å². The van der Waals surface area contributed by atoms with Crippen molar-refractivity contribution in [3.05, 3.63) is 83.2 Å². The van der Waals surface area contributed by atoms with Crippen LogP contribution >= 0.6 is 0 Å². The largest absolute Gasteiger partial charge is 0.326 e. The highest BCUT2D eigenvalue weighted by Crippen LogP contribution is 2.14. The van der Waals surface area contributed by atoms with E-state index in [0.29, 0.717) is 36.0 Å². The minimum atomic E-state index is -0.152. The number of amides is 1. The van der Waals surface area contributed by atoms with Gasteiger partial charge in [0.15, 0.2) is 0 Å². The number of aryl methyl sites for hydroxylation is 1. The van der Waals surface area contributed by atoms with E-state index in [9.17, 15) is 9.59 Å². The minimum Gasteiger partial charge on any atom is -0.326 e. The molecule has 2 N–H and O–H groups in total. The molecule has 0 radical (unpaired) electrons. The Bertz CT molecular complexity index is 1160. The van der Waals surface area contributed by atoms with Crippen molar-refractivity contribution >= 4 is 22.5 Å². The molecule has 0 fully saturated rings. The van der Waals surface area contributed by atoms with Gasteiger partial charge in [0.25, 0.3) is 5.56 Å². The van der Waals surface area contributed by atoms with Crippen molar-refractivity contribution in [1.82, 2.24) is 19.7 Å². The summed E-state index contributed by atoms with van der Waals surface area (Å²) in [5.74, 6) is 0.512. The van der Waals surface area contributed by atoms with Crippen LogP contribution in [0.5, 0.6) is 0 Å². The fourth-order valence-corrected chi connectivity index (χ4v) is 3.04. The van der Waals surface area contributed by atoms with Crippen LogP contribution in [0.25, 0.3) is 16.6 Å². The Hall–Kier alpha value is -3.74. The molecule has 1 amide bonds. The lowest BCUT2D eigenvalue weighted by molar-refractivity contribution is -0.116. The van der Waals surface area contributed by atoms with E-state index < -0.39 is 0 Å². The normalized spacial score (nSPS) is 10.9. The molecule has 0 aliphatic rings. The van der Waals surface area contributed by atoms with Crippen LogP contribution in [-0.2, 0) is 11.2 Å². The lowest BCUT2D eigenvalue weighted by atomic mass is 10.2. The first-order valence-electron chi connectivity index (χ1n) is 9.07. The van der Waals surface area contributed by atoms with Gasteiger partial charge in [0, 0.05) is 30.9 Å². The average molecular weight is 373 g/mol. The van der Waals surface area contributed by atoms with Crippen LogP contribution < -0.4 is 10.9 Å². The molecule has 0 saturated carbocycles. The zero-order valence-electron chi connectivity index (χ0n) is 15.1. The summed E-state index contributed by atoms with van der Waals surface area (Å²) in [5, 5.41) is 7.66. The average Bonchev–Trinajstić information content (AvgIpc) is 3.23. The van der Waals surface area contributed by atoms with E-state index in [1.165, 1.54) is 0 Å². The van der Waals surface area contributed by atoms with E-state index in [-0.39, 0.29) is 11.5 Å². The van der Waals surface area contributed by atoms with Crippen molar-refractivity contribution in [2.45, 2.75) is 19.3 Å². The van der Waals surface area contributed by atoms with Crippen molar-refractivity contribution in [1.29, 1.82) is 0 Å². The Labute approximate surface area is 161 Å². The lowest BCUT2D eigenvalue weighted by Gasteiger charge is -2.08. The van der Waals surface area contributed by atoms with Crippen LogP contribution in [0.4, 0.5) is 5.69 Å². The molecule has 2 aromatic carbocycles. The maximum Gasteiger partial charge on any atom is 0.258 e. The first kappa shape index (κ1) is 17.7. The topological polar surface area (TPSA) is 92.7 Å². The molecule has 0 aliphatic heterocycles. The number of aromatic amines is 1. The van der Waals surface area contributed by atoms with Gasteiger partial charge in [-0.2, -0.15) is 5.10 Å². The predicted molar refractivity (Wildman–Crippen MR) is 107 cm³/mol. The third-order valence-electron chi connectivity index (χ3n) is 4.38. The van der Waals surface area contributed by atoms with E-state index in [1.807, 2.05) is 54.7 Å². The zero-order valence-corrected chi connectivity index (χ0v) is 15.1. The Balaban J connectivity index is 1.35. The molecule has 2 heterocycles. The summed E-state index contributed by atoms with van der Waals surface area (Å²) in [7, 11) is 0. The van der Waals surface area contributed by atoms with Gasteiger partial charge in [-0.15, -0.1) is 0 Å². The second-order valence-corrected chi connectivity index (χ2v) is 6.43. The number of para-hydroxylation sites is 1. The van der Waals surface area contributed by atoms with E-state index in [1.54, 1.807) is 16.9 Å². The van der Waals surface area contributed by atoms with Gasteiger partial charge in [0.2, 0.25) is 5.91 Å². The van der Waals surface area contributed by atoms with E-state index in [4.69, 9.17) is 0 Å². The Morgan fingerprint density at radius 2 is 2.00 bits per heavy atom. The number of nitrogens with one attached hydrogen (secondary N) is 2. The molecular formula is C21H19N5O2. The summed E-state index contributed by atoms with van der Waals surface area (Å²) >= 11 is 0. The highest BCUT2D eigenvalue weighted by molar-refractivity contribution is 5.90. The fourth-order valence-electron chi connectivity index (χ4n) is 3.04. The molecule has 0 bridgehead atoms. The van der Waals surface area contributed by atoms with Crippen LogP contribution in [0.1, 0.15) is 18.7 Å². The molecule has 0 saturated heterocycles. The number of anilines is 1. The third-order valence-corrected chi connectivity index (χ3v) is 4.38. The molecular weight excluding hydrogens is 354 g/mol. The highest BCUT2D eigenvalue weighted by Gasteiger charge is 2.07. The van der Waals surface area contributed by atoms with Crippen molar-refractivity contribution in [3.63, 3.8) is 0 Å². The zero-order chi connectivity index (χ0) is 19.3. The quantitative estimate of drug-likeness (QED) is 0.543. The summed E-state index contributed by atoms with van der Waals surface area (Å²) in [6.45, 7) is 0. The molecule has 0 spiro atoms. The number of benzene rings is 2. The van der Waals surface area contributed by atoms with Gasteiger partial charge < -0.3 is 10.3 Å². The molecule has 28 heavy (non-hydrogen) atoms. The number of aromatic nitrogens is 4. The SMILES string of the molecule is O=C(CCCc1nc2ccccc2c(=O)[nH]1)Nc1cccc(-n2cccn2)c1. The lowest BCUT2D eigenvalue weighted by Crippen LogP contribution is -2.14. The van der Waals surface area contributed by atoms with Crippen LogP contribution in [0.2, 0.25) is 0 Å². The van der Waals surface area contributed by atoms with Crippen molar-refractivity contribution in [3.8, 4) is 5.69 Å². The van der Waals surface area contributed by atoms with E-state index in [0.717, 1.165) is 11.4 Å². The number of nitrogens with zero attached hydrogens (tertiary/aromatic N) is 3. The number of H-pyrrole nitrogens is 1. The predicted octanol–water partition coefficient (Wildman–Crippen LogP) is 3.07. The van der Waals surface area contributed by atoms with Gasteiger partial charge in [-0.25, -0.2) is 9.67 Å². The Kier molecular flexibility index (Phi) is 4.97. The Morgan fingerprint density at radius 1 is 1.11 bits per heavy atom. The second kappa shape index (κ2) is 7.87. The first-order valence-corrected chi connectivity index (χ1v) is 9.07. The van der Waals surface area contributed by atoms with Crippen molar-refractivity contribution in [2.75, 3.05) is 5.32 Å². The second-order valence-electron chi connectivity index (χ2n) is 6.43. The van der Waals surface area contributed by atoms with Gasteiger partial charge in [0.05, 0.1) is 16.6 Å². The van der Waals surface area contributed by atoms with Gasteiger partial charge in [0.1, 0.15) is 5.82 Å². The molecule has 7 heteroatoms. The van der Waals surface area contributed by atoms with Gasteiger partial charge in [-0.3, -0.25) is 9.59 Å². The summed E-state index contributed by atoms with van der Waals surface area (Å²) in [4.78, 5) is 31.6. The summed E-state index contributed by atoms with van der Waals surface area (Å²) in [5.41, 5.74) is 2.11. The molecule has 0 aliphatic carbocycles. The number of hydrogen-bond donors (Lipinski definition) is 2. The number of rotatable bonds is 6. The van der Waals surface area contributed by atoms with Gasteiger partial charge >= 0.3 is 0 Å². The molecule has 4 aromatic rings. The molecule has 4 rings (SSSR count). The minimum absolute atomic E-state index is 0.0826. The fraction of sp³-hybridized carbons (Fsp3) is 0.143.